The molecule has 1 N–H and O–H groups in total. The lowest BCUT2D eigenvalue weighted by molar-refractivity contribution is 0.0526. The number of nitrogens with zero attached hydrogens (tertiary/aromatic N) is 1. The summed E-state index contributed by atoms with van der Waals surface area (Å²) in [6.07, 6.45) is 1.54. The summed E-state index contributed by atoms with van der Waals surface area (Å²) in [5.74, 6) is 0.0713. The molecule has 2 rings (SSSR count). The van der Waals surface area contributed by atoms with Crippen LogP contribution in [0.25, 0.3) is 0 Å². The molecule has 0 radical (unpaired) electrons. The largest absolute Gasteiger partial charge is 0.504 e. The van der Waals surface area contributed by atoms with Crippen LogP contribution in [0.15, 0.2) is 47.5 Å². The van der Waals surface area contributed by atoms with Gasteiger partial charge in [-0.1, -0.05) is 6.07 Å². The van der Waals surface area contributed by atoms with E-state index in [2.05, 4.69) is 4.99 Å². The molecule has 114 valence electrons. The van der Waals surface area contributed by atoms with Crippen LogP contribution >= 0.6 is 0 Å². The van der Waals surface area contributed by atoms with E-state index in [1.54, 1.807) is 49.4 Å². The number of phenolic OH excluding ortho intramolecular Hbond substituents is 1. The van der Waals surface area contributed by atoms with Crippen LogP contribution in [0.5, 0.6) is 11.5 Å². The van der Waals surface area contributed by atoms with Gasteiger partial charge < -0.3 is 14.6 Å². The minimum absolute atomic E-state index is 0.0388. The summed E-state index contributed by atoms with van der Waals surface area (Å²) in [6.45, 7) is 2.10. The van der Waals surface area contributed by atoms with Crippen LogP contribution < -0.4 is 4.74 Å². The Bertz CT molecular complexity index is 678. The minimum Gasteiger partial charge on any atom is -0.504 e. The van der Waals surface area contributed by atoms with Crippen molar-refractivity contribution in [1.29, 1.82) is 0 Å². The number of carbonyl (C=O) groups excluding carboxylic acids is 1. The summed E-state index contributed by atoms with van der Waals surface area (Å²) in [7, 11) is 1.49. The zero-order chi connectivity index (χ0) is 15.9. The lowest BCUT2D eigenvalue weighted by atomic mass is 10.2. The van der Waals surface area contributed by atoms with Gasteiger partial charge in [0.2, 0.25) is 0 Å². The number of ether oxygens (including phenoxy) is 2. The van der Waals surface area contributed by atoms with Crippen LogP contribution in [-0.4, -0.2) is 31.0 Å². The quantitative estimate of drug-likeness (QED) is 0.679. The highest BCUT2D eigenvalue weighted by Crippen LogP contribution is 2.28. The molecule has 5 nitrogen and oxygen atoms in total. The molecule has 5 heteroatoms. The van der Waals surface area contributed by atoms with Gasteiger partial charge in [0.1, 0.15) is 0 Å². The summed E-state index contributed by atoms with van der Waals surface area (Å²) in [4.78, 5) is 15.8. The average molecular weight is 299 g/mol. The molecule has 0 fully saturated rings. The molecule has 22 heavy (non-hydrogen) atoms. The number of rotatable bonds is 5. The monoisotopic (exact) mass is 299 g/mol. The number of phenols is 1. The Labute approximate surface area is 128 Å². The summed E-state index contributed by atoms with van der Waals surface area (Å²) in [5.41, 5.74) is 1.69. The summed E-state index contributed by atoms with van der Waals surface area (Å²) in [5, 5.41) is 9.97. The molecule has 0 aromatic heterocycles. The van der Waals surface area contributed by atoms with Crippen molar-refractivity contribution in [2.75, 3.05) is 13.7 Å². The number of aromatic hydroxyl groups is 1. The Hall–Kier alpha value is -2.82. The summed E-state index contributed by atoms with van der Waals surface area (Å²) in [6, 6.07) is 11.9. The molecular formula is C17H17NO4. The molecule has 0 aliphatic rings. The Kier molecular flexibility index (Phi) is 5.14. The SMILES string of the molecule is CCOC(=O)c1ccc(N=Cc2cccc(OC)c2O)cc1. The van der Waals surface area contributed by atoms with E-state index >= 15 is 0 Å². The van der Waals surface area contributed by atoms with Crippen molar-refractivity contribution >= 4 is 17.9 Å². The van der Waals surface area contributed by atoms with Crippen molar-refractivity contribution < 1.29 is 19.4 Å². The van der Waals surface area contributed by atoms with E-state index in [9.17, 15) is 9.90 Å². The minimum atomic E-state index is -0.358. The van der Waals surface area contributed by atoms with Gasteiger partial charge in [-0.2, -0.15) is 0 Å². The van der Waals surface area contributed by atoms with Crippen molar-refractivity contribution in [2.24, 2.45) is 4.99 Å². The van der Waals surface area contributed by atoms with Gasteiger partial charge in [-0.25, -0.2) is 4.79 Å². The molecule has 0 saturated heterocycles. The first-order valence-corrected chi connectivity index (χ1v) is 6.83. The molecular weight excluding hydrogens is 282 g/mol. The lowest BCUT2D eigenvalue weighted by Crippen LogP contribution is -2.03. The second kappa shape index (κ2) is 7.26. The van der Waals surface area contributed by atoms with E-state index in [0.29, 0.717) is 29.2 Å². The highest BCUT2D eigenvalue weighted by molar-refractivity contribution is 5.90. The van der Waals surface area contributed by atoms with E-state index in [1.807, 2.05) is 0 Å². The molecule has 2 aromatic rings. The summed E-state index contributed by atoms with van der Waals surface area (Å²) < 4.78 is 9.95. The van der Waals surface area contributed by atoms with Crippen LogP contribution in [0.1, 0.15) is 22.8 Å². The Balaban J connectivity index is 2.15. The van der Waals surface area contributed by atoms with E-state index in [1.165, 1.54) is 13.3 Å². The van der Waals surface area contributed by atoms with Crippen molar-refractivity contribution in [3.8, 4) is 11.5 Å². The van der Waals surface area contributed by atoms with Crippen molar-refractivity contribution in [2.45, 2.75) is 6.92 Å². The maximum atomic E-state index is 11.5. The number of para-hydroxylation sites is 1. The van der Waals surface area contributed by atoms with Crippen LogP contribution in [0.3, 0.4) is 0 Å². The first kappa shape index (κ1) is 15.6. The Morgan fingerprint density at radius 3 is 2.59 bits per heavy atom. The van der Waals surface area contributed by atoms with Crippen molar-refractivity contribution in [3.05, 3.63) is 53.6 Å². The van der Waals surface area contributed by atoms with Gasteiger partial charge in [-0.15, -0.1) is 0 Å². The standard InChI is InChI=1S/C17H17NO4/c1-3-22-17(20)12-7-9-14(10-8-12)18-11-13-5-4-6-15(21-2)16(13)19/h4-11,19H,3H2,1-2H3. The van der Waals surface area contributed by atoms with E-state index in [4.69, 9.17) is 9.47 Å². The average Bonchev–Trinajstić information content (AvgIpc) is 2.54. The normalized spacial score (nSPS) is 10.6. The number of methoxy groups -OCH3 is 1. The topological polar surface area (TPSA) is 68.1 Å². The molecule has 0 amide bonds. The molecule has 0 spiro atoms. The zero-order valence-corrected chi connectivity index (χ0v) is 12.4. The second-order valence-corrected chi connectivity index (χ2v) is 4.42. The molecule has 0 bridgehead atoms. The maximum Gasteiger partial charge on any atom is 0.338 e. The van der Waals surface area contributed by atoms with Crippen LogP contribution in [0.4, 0.5) is 5.69 Å². The highest BCUT2D eigenvalue weighted by Gasteiger charge is 2.06. The predicted molar refractivity (Wildman–Crippen MR) is 84.3 cm³/mol. The van der Waals surface area contributed by atoms with E-state index < -0.39 is 0 Å². The van der Waals surface area contributed by atoms with Crippen molar-refractivity contribution in [1.82, 2.24) is 0 Å². The smallest absolute Gasteiger partial charge is 0.338 e. The number of esters is 1. The second-order valence-electron chi connectivity index (χ2n) is 4.42. The number of hydrogen-bond acceptors (Lipinski definition) is 5. The van der Waals surface area contributed by atoms with Gasteiger partial charge in [-0.05, 0) is 43.3 Å². The van der Waals surface area contributed by atoms with Gasteiger partial charge in [0.25, 0.3) is 0 Å². The molecule has 0 atom stereocenters. The molecule has 0 heterocycles. The maximum absolute atomic E-state index is 11.5. The molecule has 2 aromatic carbocycles. The highest BCUT2D eigenvalue weighted by atomic mass is 16.5. The fourth-order valence-corrected chi connectivity index (χ4v) is 1.85. The summed E-state index contributed by atoms with van der Waals surface area (Å²) >= 11 is 0. The first-order chi connectivity index (χ1) is 10.7. The number of carbonyl (C=O) groups is 1. The van der Waals surface area contributed by atoms with E-state index in [-0.39, 0.29) is 11.7 Å². The first-order valence-electron chi connectivity index (χ1n) is 6.83. The predicted octanol–water partition coefficient (Wildman–Crippen LogP) is 3.33. The van der Waals surface area contributed by atoms with Gasteiger partial charge in [0.15, 0.2) is 11.5 Å². The van der Waals surface area contributed by atoms with Crippen LogP contribution in [0.2, 0.25) is 0 Å². The van der Waals surface area contributed by atoms with Gasteiger partial charge in [0.05, 0.1) is 25.0 Å². The van der Waals surface area contributed by atoms with Crippen LogP contribution in [-0.2, 0) is 4.74 Å². The van der Waals surface area contributed by atoms with Crippen LogP contribution in [0, 0.1) is 0 Å². The molecule has 0 unspecified atom stereocenters. The number of benzene rings is 2. The fraction of sp³-hybridized carbons (Fsp3) is 0.176. The van der Waals surface area contributed by atoms with Gasteiger partial charge in [-0.3, -0.25) is 4.99 Å². The molecule has 0 aliphatic carbocycles. The fourth-order valence-electron chi connectivity index (χ4n) is 1.85. The Morgan fingerprint density at radius 1 is 1.23 bits per heavy atom. The zero-order valence-electron chi connectivity index (χ0n) is 12.4. The third-order valence-corrected chi connectivity index (χ3v) is 2.98. The molecule has 0 aliphatic heterocycles. The number of hydrogen-bond donors (Lipinski definition) is 1. The van der Waals surface area contributed by atoms with Gasteiger partial charge in [0, 0.05) is 11.8 Å². The molecule has 0 saturated carbocycles. The third kappa shape index (κ3) is 3.63. The number of aliphatic imine (C=N–C) groups is 1. The Morgan fingerprint density at radius 2 is 1.95 bits per heavy atom. The third-order valence-electron chi connectivity index (χ3n) is 2.98. The lowest BCUT2D eigenvalue weighted by Gasteiger charge is -2.05. The van der Waals surface area contributed by atoms with E-state index in [0.717, 1.165) is 0 Å². The van der Waals surface area contributed by atoms with Gasteiger partial charge >= 0.3 is 5.97 Å². The van der Waals surface area contributed by atoms with Crippen molar-refractivity contribution in [3.63, 3.8) is 0 Å².